The fourth-order valence-electron chi connectivity index (χ4n) is 13.7. The number of carbonyl (C=O) groups excluding carboxylic acids is 3. The van der Waals surface area contributed by atoms with E-state index in [1.165, 1.54) is 59.6 Å². The average Bonchev–Trinajstić information content (AvgIpc) is 1.53. The Balaban J connectivity index is 0.000000231. The number of hydrogen-bond acceptors (Lipinski definition) is 18. The van der Waals surface area contributed by atoms with Gasteiger partial charge in [-0.1, -0.05) is 41.9 Å². The van der Waals surface area contributed by atoms with Gasteiger partial charge in [-0.3, -0.25) is 28.5 Å². The van der Waals surface area contributed by atoms with Crippen molar-refractivity contribution in [1.29, 1.82) is 0 Å². The first-order valence-electron chi connectivity index (χ1n) is 34.7. The summed E-state index contributed by atoms with van der Waals surface area (Å²) >= 11 is 8.78. The molecule has 12 aromatic rings. The van der Waals surface area contributed by atoms with Crippen molar-refractivity contribution >= 4 is 148 Å². The Morgan fingerprint density at radius 3 is 1.54 bits per heavy atom. The number of nitrogens with one attached hydrogen (secondary N) is 3. The van der Waals surface area contributed by atoms with E-state index in [-0.39, 0.29) is 70.5 Å². The molecule has 25 nitrogen and oxygen atoms in total. The average molecular weight is 1590 g/mol. The summed E-state index contributed by atoms with van der Waals surface area (Å²) in [5.74, 6) is -0.395. The summed E-state index contributed by atoms with van der Waals surface area (Å²) in [7, 11) is -11.2. The number of piperazine rings is 3. The van der Waals surface area contributed by atoms with Crippen molar-refractivity contribution < 1.29 is 57.0 Å². The molecular formula is C75H89ClF2N16O9S5. The van der Waals surface area contributed by atoms with Crippen LogP contribution in [0.3, 0.4) is 0 Å². The second kappa shape index (κ2) is 32.5. The van der Waals surface area contributed by atoms with Gasteiger partial charge in [-0.25, -0.2) is 54.0 Å². The normalized spacial score (nSPS) is 16.3. The van der Waals surface area contributed by atoms with E-state index in [4.69, 9.17) is 11.6 Å². The molecule has 3 aliphatic heterocycles. The number of hydrogen-bond donors (Lipinski definition) is 3. The summed E-state index contributed by atoms with van der Waals surface area (Å²) in [5.41, 5.74) is 4.77. The molecule has 4 atom stereocenters. The SMILES string of the molecule is CC1CN(c2ccc(S(=O)(=O)Nc3nccs3)cc2)CCN1C(=O)[C@@H](C)n1ccc2cccc(F)c21.C[C@H]1CN(c2ccc(S(=O)(=O)Nc3nccs3)cc2)CCN1C(=O)[C@H](C)n1ccc2c(F)cccc21.O=C(CCn1ccc2cccc(Cl)c21)N1CCN(c2ccc(S(=O)(=O)Nc3ccncn3)cc2)CC1.[HH].[HH].[HH].[HH].[HH].[HH]. The lowest BCUT2D eigenvalue weighted by molar-refractivity contribution is -0.137. The van der Waals surface area contributed by atoms with Crippen molar-refractivity contribution in [2.24, 2.45) is 0 Å². The number of halogens is 3. The summed E-state index contributed by atoms with van der Waals surface area (Å²) in [4.78, 5) is 67.7. The maximum absolute atomic E-state index is 14.5. The van der Waals surface area contributed by atoms with Gasteiger partial charge in [0.25, 0.3) is 30.1 Å². The van der Waals surface area contributed by atoms with Crippen LogP contribution < -0.4 is 28.9 Å². The zero-order valence-electron chi connectivity index (χ0n) is 59.1. The highest BCUT2D eigenvalue weighted by Crippen LogP contribution is 2.32. The van der Waals surface area contributed by atoms with E-state index in [0.29, 0.717) is 110 Å². The zero-order valence-corrected chi connectivity index (χ0v) is 63.9. The van der Waals surface area contributed by atoms with Crippen LogP contribution in [0.15, 0.2) is 221 Å². The van der Waals surface area contributed by atoms with E-state index in [0.717, 1.165) is 33.4 Å². The van der Waals surface area contributed by atoms with E-state index >= 15 is 0 Å². The lowest BCUT2D eigenvalue weighted by atomic mass is 10.1. The van der Waals surface area contributed by atoms with Crippen LogP contribution in [0.4, 0.5) is 41.9 Å². The van der Waals surface area contributed by atoms with Gasteiger partial charge in [0.15, 0.2) is 10.3 Å². The Morgan fingerprint density at radius 2 is 1.01 bits per heavy atom. The predicted octanol–water partition coefficient (Wildman–Crippen LogP) is 13.8. The summed E-state index contributed by atoms with van der Waals surface area (Å²) in [6, 6.07) is 41.6. The number of thiazole rings is 2. The number of aryl methyl sites for hydroxylation is 1. The lowest BCUT2D eigenvalue weighted by Gasteiger charge is -2.42. The molecule has 108 heavy (non-hydrogen) atoms. The Bertz CT molecular complexity index is 5560. The van der Waals surface area contributed by atoms with Crippen LogP contribution in [-0.4, -0.2) is 169 Å². The molecule has 3 fully saturated rings. The smallest absolute Gasteiger partial charge is 0.263 e. The molecule has 6 aromatic heterocycles. The summed E-state index contributed by atoms with van der Waals surface area (Å²) in [5, 5.41) is 7.05. The maximum atomic E-state index is 14.5. The minimum Gasteiger partial charge on any atom is -0.368 e. The molecule has 3 saturated heterocycles. The van der Waals surface area contributed by atoms with E-state index in [9.17, 15) is 48.4 Å². The maximum Gasteiger partial charge on any atom is 0.263 e. The van der Waals surface area contributed by atoms with Gasteiger partial charge in [-0.15, -0.1) is 22.7 Å². The summed E-state index contributed by atoms with van der Waals surface area (Å²) < 4.78 is 117. The Labute approximate surface area is 645 Å². The summed E-state index contributed by atoms with van der Waals surface area (Å²) in [6.45, 7) is 14.3. The van der Waals surface area contributed by atoms with E-state index in [2.05, 4.69) is 48.8 Å². The molecule has 6 aromatic carbocycles. The molecule has 3 aliphatic rings. The first kappa shape index (κ1) is 75.7. The van der Waals surface area contributed by atoms with Crippen LogP contribution in [0.25, 0.3) is 32.7 Å². The first-order chi connectivity index (χ1) is 51.9. The van der Waals surface area contributed by atoms with Crippen LogP contribution in [0.5, 0.6) is 0 Å². The van der Waals surface area contributed by atoms with Crippen molar-refractivity contribution in [2.75, 3.05) is 94.3 Å². The predicted molar refractivity (Wildman–Crippen MR) is 431 cm³/mol. The summed E-state index contributed by atoms with van der Waals surface area (Å²) in [6.07, 6.45) is 11.7. The van der Waals surface area contributed by atoms with Crippen molar-refractivity contribution in [1.82, 2.24) is 48.3 Å². The Morgan fingerprint density at radius 1 is 0.528 bits per heavy atom. The largest absolute Gasteiger partial charge is 0.368 e. The van der Waals surface area contributed by atoms with E-state index in [1.807, 2.05) is 93.3 Å². The molecule has 0 aliphatic carbocycles. The number of rotatable bonds is 19. The highest BCUT2D eigenvalue weighted by molar-refractivity contribution is 7.93. The van der Waals surface area contributed by atoms with Gasteiger partial charge in [-0.2, -0.15) is 0 Å². The highest BCUT2D eigenvalue weighted by Gasteiger charge is 2.34. The molecule has 1 unspecified atom stereocenters. The second-order valence-electron chi connectivity index (χ2n) is 26.2. The van der Waals surface area contributed by atoms with Gasteiger partial charge >= 0.3 is 0 Å². The number of nitrogens with zero attached hydrogens (tertiary/aromatic N) is 13. The monoisotopic (exact) mass is 1590 g/mol. The van der Waals surface area contributed by atoms with Crippen LogP contribution in [0, 0.1) is 11.6 Å². The van der Waals surface area contributed by atoms with Crippen LogP contribution in [0.1, 0.15) is 54.8 Å². The Hall–Kier alpha value is -10.5. The minimum absolute atomic E-state index is 0. The van der Waals surface area contributed by atoms with Crippen molar-refractivity contribution in [3.8, 4) is 0 Å². The third kappa shape index (κ3) is 16.9. The molecular weight excluding hydrogens is 1500 g/mol. The number of fused-ring (bicyclic) bond motifs is 3. The van der Waals surface area contributed by atoms with Crippen LogP contribution >= 0.6 is 34.3 Å². The van der Waals surface area contributed by atoms with Gasteiger partial charge < -0.3 is 43.1 Å². The van der Waals surface area contributed by atoms with Crippen LogP contribution in [0.2, 0.25) is 5.02 Å². The number of aromatic nitrogens is 7. The number of benzene rings is 6. The molecule has 3 amide bonds. The fraction of sp³-hybridized carbons (Fsp3) is 0.267. The second-order valence-corrected chi connectivity index (χ2v) is 33.4. The molecule has 0 spiro atoms. The van der Waals surface area contributed by atoms with Crippen LogP contribution in [-0.2, 0) is 51.0 Å². The fourth-order valence-corrected chi connectivity index (χ4v) is 18.6. The third-order valence-corrected chi connectivity index (χ3v) is 25.4. The molecule has 33 heteroatoms. The number of amides is 3. The topological polar surface area (TPSA) is 276 Å². The molecule has 15 rings (SSSR count). The molecule has 0 bridgehead atoms. The standard InChI is InChI=1S/C25H25ClN6O3S.2C25H26FN5O3S2.6H2/c26-22-3-1-2-19-9-12-32(25(19)22)13-10-24(33)31-16-14-30(15-17-31)20-4-6-21(7-5-20)36(34,35)29-23-8-11-27-18-28-23;1-17-16-29(19-6-8-20(9-7-19)36(33,34)28-25-27-11-15-35-25)13-14-30(17)24(32)18(2)31-12-10-21-22(26)4-3-5-23(21)31;1-17-16-29(20-6-8-21(9-7-20)36(33,34)28-25-27-11-15-35-25)13-14-30(17)24(32)18(2)31-12-10-19-4-3-5-22(26)23(19)31;;;;;;/h1-9,11-12,18H,10,13-17H2,(H,27,28,29);2*3-12,15,17-18H,13-14,16H2,1-2H3,(H,27,28);6*1H/t;17-,18-;17?,18-;;;;;;/m.01....../s1. The third-order valence-electron chi connectivity index (χ3n) is 19.4. The highest BCUT2D eigenvalue weighted by atomic mass is 35.5. The van der Waals surface area contributed by atoms with Gasteiger partial charge in [0.2, 0.25) is 17.7 Å². The Kier molecular flexibility index (Phi) is 22.8. The molecule has 3 N–H and O–H groups in total. The van der Waals surface area contributed by atoms with Gasteiger partial charge in [-0.05, 0) is 149 Å². The van der Waals surface area contributed by atoms with Gasteiger partial charge in [0.05, 0.1) is 36.3 Å². The van der Waals surface area contributed by atoms with Crippen molar-refractivity contribution in [3.05, 3.63) is 223 Å². The number of anilines is 6. The molecule has 0 radical (unpaired) electrons. The van der Waals surface area contributed by atoms with Crippen molar-refractivity contribution in [3.63, 3.8) is 0 Å². The van der Waals surface area contributed by atoms with Gasteiger partial charge in [0.1, 0.15) is 35.9 Å². The molecule has 0 saturated carbocycles. The quantitative estimate of drug-likeness (QED) is 0.0678. The minimum atomic E-state index is -3.74. The first-order valence-corrected chi connectivity index (χ1v) is 41.3. The molecule has 9 heterocycles. The number of para-hydroxylation sites is 2. The molecule has 574 valence electrons. The number of carbonyl (C=O) groups is 3. The number of sulfonamides is 3. The van der Waals surface area contributed by atoms with E-state index in [1.54, 1.807) is 132 Å². The zero-order chi connectivity index (χ0) is 76.0. The lowest BCUT2D eigenvalue weighted by Crippen LogP contribution is -2.55. The van der Waals surface area contributed by atoms with Crippen molar-refractivity contribution in [2.45, 2.75) is 79.5 Å². The van der Waals surface area contributed by atoms with E-state index < -0.39 is 42.2 Å². The van der Waals surface area contributed by atoms with Gasteiger partial charge in [0, 0.05) is 180 Å².